The Morgan fingerprint density at radius 1 is 1.05 bits per heavy atom. The van der Waals surface area contributed by atoms with Gasteiger partial charge in [-0.1, -0.05) is 32.4 Å². The van der Waals surface area contributed by atoms with Crippen molar-refractivity contribution in [2.75, 3.05) is 6.79 Å². The molecule has 11 nitrogen and oxygen atoms in total. The first kappa shape index (κ1) is 30.8. The van der Waals surface area contributed by atoms with Crippen molar-refractivity contribution >= 4 is 17.1 Å². The molecule has 14 heteroatoms. The predicted octanol–water partition coefficient (Wildman–Crippen LogP) is 4.39. The van der Waals surface area contributed by atoms with Gasteiger partial charge < -0.3 is 9.47 Å². The highest BCUT2D eigenvalue weighted by molar-refractivity contribution is 5.76. The number of nitrogens with zero attached hydrogens (tertiary/aromatic N) is 6. The van der Waals surface area contributed by atoms with Crippen LogP contribution in [0.5, 0.6) is 0 Å². The molecule has 0 N–H and O–H groups in total. The van der Waals surface area contributed by atoms with Gasteiger partial charge in [0.05, 0.1) is 23.9 Å². The Hall–Kier alpha value is -4.20. The summed E-state index contributed by atoms with van der Waals surface area (Å²) in [6, 6.07) is 4.96. The van der Waals surface area contributed by atoms with Crippen molar-refractivity contribution in [3.8, 4) is 11.4 Å². The third-order valence-electron chi connectivity index (χ3n) is 6.63. The molecule has 0 fully saturated rings. The lowest BCUT2D eigenvalue weighted by Crippen LogP contribution is -2.40. The van der Waals surface area contributed by atoms with Crippen LogP contribution in [0.15, 0.2) is 46.2 Å². The molecule has 3 aromatic heterocycles. The highest BCUT2D eigenvalue weighted by atomic mass is 19.4. The molecule has 0 radical (unpaired) electrons. The zero-order valence-corrected chi connectivity index (χ0v) is 23.7. The molecule has 0 amide bonds. The van der Waals surface area contributed by atoms with Gasteiger partial charge >= 0.3 is 17.8 Å². The highest BCUT2D eigenvalue weighted by Crippen LogP contribution is 2.30. The lowest BCUT2D eigenvalue weighted by atomic mass is 10.1. The Morgan fingerprint density at radius 3 is 2.52 bits per heavy atom. The number of hydrogen-bond acceptors (Lipinski definition) is 7. The molecule has 226 valence electrons. The maximum Gasteiger partial charge on any atom is 0.416 e. The topological polar surface area (TPSA) is 115 Å². The molecule has 4 rings (SSSR count). The number of aryl methyl sites for hydroxylation is 1. The molecule has 4 aromatic rings. The number of halogens is 3. The average molecular weight is 591 g/mol. The van der Waals surface area contributed by atoms with Gasteiger partial charge in [-0.25, -0.2) is 9.78 Å². The number of esters is 1. The van der Waals surface area contributed by atoms with Crippen LogP contribution in [-0.4, -0.2) is 41.2 Å². The second kappa shape index (κ2) is 13.2. The summed E-state index contributed by atoms with van der Waals surface area (Å²) in [7, 11) is 0. The van der Waals surface area contributed by atoms with Crippen LogP contribution in [0, 0.1) is 0 Å². The van der Waals surface area contributed by atoms with Crippen molar-refractivity contribution in [1.29, 1.82) is 0 Å². The Balaban J connectivity index is 1.76. The van der Waals surface area contributed by atoms with Crippen molar-refractivity contribution in [3.05, 3.63) is 68.6 Å². The van der Waals surface area contributed by atoms with Crippen molar-refractivity contribution < 1.29 is 27.4 Å². The number of ether oxygens (including phenoxy) is 2. The summed E-state index contributed by atoms with van der Waals surface area (Å²) < 4.78 is 55.8. The third kappa shape index (κ3) is 6.64. The van der Waals surface area contributed by atoms with Gasteiger partial charge in [-0.2, -0.15) is 18.3 Å². The fourth-order valence-corrected chi connectivity index (χ4v) is 4.55. The highest BCUT2D eigenvalue weighted by Gasteiger charge is 2.30. The van der Waals surface area contributed by atoms with Gasteiger partial charge in [-0.05, 0) is 37.5 Å². The zero-order valence-electron chi connectivity index (χ0n) is 23.7. The molecule has 0 atom stereocenters. The number of rotatable bonds is 13. The van der Waals surface area contributed by atoms with E-state index in [4.69, 9.17) is 9.47 Å². The Morgan fingerprint density at radius 2 is 1.83 bits per heavy atom. The maximum absolute atomic E-state index is 13.6. The van der Waals surface area contributed by atoms with Gasteiger partial charge in [0, 0.05) is 25.7 Å². The Bertz CT molecular complexity index is 1670. The predicted molar refractivity (Wildman–Crippen MR) is 148 cm³/mol. The summed E-state index contributed by atoms with van der Waals surface area (Å²) in [4.78, 5) is 43.2. The van der Waals surface area contributed by atoms with E-state index in [9.17, 15) is 27.6 Å². The molecule has 0 bridgehead atoms. The van der Waals surface area contributed by atoms with E-state index >= 15 is 0 Å². The van der Waals surface area contributed by atoms with Gasteiger partial charge in [0.15, 0.2) is 18.0 Å². The number of aromatic nitrogens is 6. The van der Waals surface area contributed by atoms with Crippen LogP contribution in [0.3, 0.4) is 0 Å². The summed E-state index contributed by atoms with van der Waals surface area (Å²) in [5.41, 5.74) is -0.643. The molecule has 0 aliphatic carbocycles. The molecule has 42 heavy (non-hydrogen) atoms. The fourth-order valence-electron chi connectivity index (χ4n) is 4.55. The first-order chi connectivity index (χ1) is 20.1. The van der Waals surface area contributed by atoms with E-state index in [1.807, 2.05) is 13.8 Å². The summed E-state index contributed by atoms with van der Waals surface area (Å²) in [5.74, 6) is -0.169. The molecular weight excluding hydrogens is 557 g/mol. The Kier molecular flexibility index (Phi) is 9.66. The van der Waals surface area contributed by atoms with E-state index < -0.39 is 29.0 Å². The van der Waals surface area contributed by atoms with Gasteiger partial charge in [-0.15, -0.1) is 0 Å². The second-order valence-electron chi connectivity index (χ2n) is 9.71. The summed E-state index contributed by atoms with van der Waals surface area (Å²) in [6.07, 6.45) is 0.833. The molecule has 1 aromatic carbocycles. The van der Waals surface area contributed by atoms with Crippen LogP contribution < -0.4 is 11.2 Å². The van der Waals surface area contributed by atoms with Crippen molar-refractivity contribution in [1.82, 2.24) is 28.5 Å². The number of hydrogen-bond donors (Lipinski definition) is 0. The second-order valence-corrected chi connectivity index (χ2v) is 9.71. The monoisotopic (exact) mass is 590 g/mol. The molecule has 0 saturated heterocycles. The van der Waals surface area contributed by atoms with E-state index in [-0.39, 0.29) is 56.6 Å². The number of unbranched alkanes of at least 4 members (excludes halogenated alkanes) is 1. The Labute approximate surface area is 239 Å². The van der Waals surface area contributed by atoms with Gasteiger partial charge in [0.2, 0.25) is 0 Å². The van der Waals surface area contributed by atoms with Gasteiger partial charge in [0.1, 0.15) is 12.6 Å². The minimum Gasteiger partial charge on any atom is -0.438 e. The maximum atomic E-state index is 13.6. The first-order valence-electron chi connectivity index (χ1n) is 13.7. The largest absolute Gasteiger partial charge is 0.438 e. The molecule has 0 aliphatic heterocycles. The van der Waals surface area contributed by atoms with E-state index in [2.05, 4.69) is 10.1 Å². The van der Waals surface area contributed by atoms with Gasteiger partial charge in [0.25, 0.3) is 5.56 Å². The van der Waals surface area contributed by atoms with Crippen LogP contribution in [0.4, 0.5) is 13.2 Å². The quantitative estimate of drug-likeness (QED) is 0.129. The van der Waals surface area contributed by atoms with Crippen LogP contribution >= 0.6 is 0 Å². The molecule has 0 aliphatic rings. The van der Waals surface area contributed by atoms with E-state index in [1.165, 1.54) is 30.6 Å². The minimum absolute atomic E-state index is 0.0531. The molecule has 3 heterocycles. The lowest BCUT2D eigenvalue weighted by molar-refractivity contribution is -0.159. The third-order valence-corrected chi connectivity index (χ3v) is 6.63. The van der Waals surface area contributed by atoms with E-state index in [0.29, 0.717) is 24.0 Å². The number of fused-ring (bicyclic) bond motifs is 1. The number of alkyl halides is 3. The smallest absolute Gasteiger partial charge is 0.416 e. The average Bonchev–Trinajstić information content (AvgIpc) is 3.56. The van der Waals surface area contributed by atoms with Crippen LogP contribution in [0.1, 0.15) is 57.6 Å². The number of benzene rings is 1. The summed E-state index contributed by atoms with van der Waals surface area (Å²) in [6.45, 7) is 5.52. The van der Waals surface area contributed by atoms with Crippen LogP contribution in [0.25, 0.3) is 22.6 Å². The van der Waals surface area contributed by atoms with Crippen molar-refractivity contribution in [2.24, 2.45) is 0 Å². The van der Waals surface area contributed by atoms with Crippen LogP contribution in [0.2, 0.25) is 0 Å². The van der Waals surface area contributed by atoms with Crippen molar-refractivity contribution in [3.63, 3.8) is 0 Å². The lowest BCUT2D eigenvalue weighted by Gasteiger charge is -2.12. The van der Waals surface area contributed by atoms with E-state index in [0.717, 1.165) is 18.6 Å². The molecule has 0 saturated carbocycles. The summed E-state index contributed by atoms with van der Waals surface area (Å²) >= 11 is 0. The molecular formula is C28H33F3N6O5. The van der Waals surface area contributed by atoms with Crippen LogP contribution in [-0.2, 0) is 46.8 Å². The van der Waals surface area contributed by atoms with E-state index in [1.54, 1.807) is 19.2 Å². The fraction of sp³-hybridized carbons (Fsp3) is 0.464. The van der Waals surface area contributed by atoms with Crippen molar-refractivity contribution in [2.45, 2.75) is 79.0 Å². The minimum atomic E-state index is -4.47. The normalized spacial score (nSPS) is 11.9. The number of carbonyl (C=O) groups is 1. The zero-order chi connectivity index (χ0) is 30.4. The standard InChI is InChI=1S/C28H33F3N6O5/c1-4-7-12-36-26(39)23-25(35(6-3)27(36)40)33-24(37(23)17-41-18-42-22(38)9-5-2)20-14-32-34(16-20)15-19-10-8-11-21(13-19)28(29,30)31/h8,10-11,13-14,16H,4-7,9,12,15,17-18H2,1-3H3. The molecule has 0 spiro atoms. The van der Waals surface area contributed by atoms with Gasteiger partial charge in [-0.3, -0.25) is 28.0 Å². The number of imidazole rings is 1. The molecule has 0 unspecified atom stereocenters. The number of carbonyl (C=O) groups excluding carboxylic acids is 1. The SMILES string of the molecule is CCCCn1c(=O)c2c(nc(-c3cnn(Cc4cccc(C(F)(F)F)c4)c3)n2COCOC(=O)CCC)n(CC)c1=O. The summed E-state index contributed by atoms with van der Waals surface area (Å²) in [5, 5.41) is 4.29. The first-order valence-corrected chi connectivity index (χ1v) is 13.7.